The predicted molar refractivity (Wildman–Crippen MR) is 94.2 cm³/mol. The Morgan fingerprint density at radius 2 is 1.65 bits per heavy atom. The molecular weight excluding hydrogens is 290 g/mol. The van der Waals surface area contributed by atoms with Crippen LogP contribution in [0.15, 0.2) is 24.3 Å². The van der Waals surface area contributed by atoms with Crippen LogP contribution >= 0.6 is 0 Å². The highest BCUT2D eigenvalue weighted by Crippen LogP contribution is 2.19. The Labute approximate surface area is 139 Å². The molecule has 1 saturated heterocycles. The molecule has 1 aliphatic rings. The number of rotatable bonds is 6. The Hall–Kier alpha value is -1.59. The molecule has 0 radical (unpaired) electrons. The summed E-state index contributed by atoms with van der Waals surface area (Å²) in [6.07, 6.45) is 1.85. The minimum atomic E-state index is 0.129. The normalized spacial score (nSPS) is 15.7. The summed E-state index contributed by atoms with van der Waals surface area (Å²) < 4.78 is 5.45. The van der Waals surface area contributed by atoms with E-state index in [9.17, 15) is 4.79 Å². The molecule has 1 heterocycles. The third-order valence-corrected chi connectivity index (χ3v) is 4.31. The smallest absolute Gasteiger partial charge is 0.254 e. The molecular formula is C18H29N3O2. The number of hydrogen-bond acceptors (Lipinski definition) is 4. The third kappa shape index (κ3) is 4.94. The Kier molecular flexibility index (Phi) is 6.42. The van der Waals surface area contributed by atoms with Crippen molar-refractivity contribution in [2.45, 2.75) is 18.9 Å². The van der Waals surface area contributed by atoms with Gasteiger partial charge in [-0.2, -0.15) is 0 Å². The maximum Gasteiger partial charge on any atom is 0.254 e. The number of anilines is 1. The van der Waals surface area contributed by atoms with Crippen LogP contribution in [0.2, 0.25) is 0 Å². The number of nitrogens with zero attached hydrogens (tertiary/aromatic N) is 3. The molecule has 1 aliphatic heterocycles. The molecule has 1 aromatic carbocycles. The Bertz CT molecular complexity index is 493. The molecule has 0 N–H and O–H groups in total. The van der Waals surface area contributed by atoms with Crippen LogP contribution in [-0.2, 0) is 4.74 Å². The van der Waals surface area contributed by atoms with E-state index in [1.165, 1.54) is 0 Å². The van der Waals surface area contributed by atoms with Crippen LogP contribution in [0.25, 0.3) is 0 Å². The molecule has 0 unspecified atom stereocenters. The van der Waals surface area contributed by atoms with Crippen LogP contribution in [0, 0.1) is 0 Å². The van der Waals surface area contributed by atoms with Gasteiger partial charge in [0.2, 0.25) is 0 Å². The average molecular weight is 319 g/mol. The molecule has 0 aromatic heterocycles. The van der Waals surface area contributed by atoms with Crippen molar-refractivity contribution in [1.82, 2.24) is 9.80 Å². The van der Waals surface area contributed by atoms with Crippen molar-refractivity contribution >= 4 is 11.6 Å². The zero-order valence-corrected chi connectivity index (χ0v) is 14.8. The molecule has 5 heteroatoms. The fourth-order valence-electron chi connectivity index (χ4n) is 2.82. The fourth-order valence-corrected chi connectivity index (χ4v) is 2.82. The second-order valence-corrected chi connectivity index (χ2v) is 6.59. The molecule has 1 aromatic rings. The molecule has 5 nitrogen and oxygen atoms in total. The lowest BCUT2D eigenvalue weighted by Gasteiger charge is -2.35. The van der Waals surface area contributed by atoms with Crippen molar-refractivity contribution in [2.24, 2.45) is 0 Å². The molecule has 0 atom stereocenters. The summed E-state index contributed by atoms with van der Waals surface area (Å²) in [5.41, 5.74) is 1.87. The van der Waals surface area contributed by atoms with Gasteiger partial charge in [-0.05, 0) is 51.2 Å². The number of amides is 1. The quantitative estimate of drug-likeness (QED) is 0.803. The minimum Gasteiger partial charge on any atom is -0.381 e. The molecule has 0 aliphatic carbocycles. The van der Waals surface area contributed by atoms with E-state index in [0.29, 0.717) is 0 Å². The SMILES string of the molecule is CN(C)CCN(C(=O)c1ccc(N(C)C)cc1)C1CCOCC1. The number of benzene rings is 1. The molecule has 23 heavy (non-hydrogen) atoms. The first-order valence-corrected chi connectivity index (χ1v) is 8.30. The monoisotopic (exact) mass is 319 g/mol. The number of likely N-dealkylation sites (N-methyl/N-ethyl adjacent to an activating group) is 1. The van der Waals surface area contributed by atoms with Crippen LogP contribution < -0.4 is 4.90 Å². The topological polar surface area (TPSA) is 36.0 Å². The summed E-state index contributed by atoms with van der Waals surface area (Å²) in [5, 5.41) is 0. The standard InChI is InChI=1S/C18H29N3O2/c1-19(2)11-12-21(17-9-13-23-14-10-17)18(22)15-5-7-16(8-6-15)20(3)4/h5-8,17H,9-14H2,1-4H3. The number of carbonyl (C=O) groups excluding carboxylic acids is 1. The lowest BCUT2D eigenvalue weighted by molar-refractivity contribution is 0.0276. The minimum absolute atomic E-state index is 0.129. The maximum absolute atomic E-state index is 13.0. The Morgan fingerprint density at radius 1 is 1.04 bits per heavy atom. The van der Waals surface area contributed by atoms with Crippen molar-refractivity contribution in [3.8, 4) is 0 Å². The highest BCUT2D eigenvalue weighted by atomic mass is 16.5. The highest BCUT2D eigenvalue weighted by molar-refractivity contribution is 5.94. The van der Waals surface area contributed by atoms with E-state index in [-0.39, 0.29) is 11.9 Å². The molecule has 1 fully saturated rings. The van der Waals surface area contributed by atoms with Crippen LogP contribution in [0.5, 0.6) is 0 Å². The van der Waals surface area contributed by atoms with E-state index in [0.717, 1.165) is 50.4 Å². The zero-order chi connectivity index (χ0) is 16.8. The van der Waals surface area contributed by atoms with Crippen molar-refractivity contribution < 1.29 is 9.53 Å². The van der Waals surface area contributed by atoms with E-state index in [4.69, 9.17) is 4.74 Å². The van der Waals surface area contributed by atoms with E-state index in [2.05, 4.69) is 4.90 Å². The third-order valence-electron chi connectivity index (χ3n) is 4.31. The summed E-state index contributed by atoms with van der Waals surface area (Å²) in [5.74, 6) is 0.129. The summed E-state index contributed by atoms with van der Waals surface area (Å²) in [7, 11) is 8.08. The highest BCUT2D eigenvalue weighted by Gasteiger charge is 2.26. The van der Waals surface area contributed by atoms with E-state index >= 15 is 0 Å². The second-order valence-electron chi connectivity index (χ2n) is 6.59. The van der Waals surface area contributed by atoms with E-state index in [1.807, 2.05) is 62.3 Å². The maximum atomic E-state index is 13.0. The Balaban J connectivity index is 2.13. The predicted octanol–water partition coefficient (Wildman–Crippen LogP) is 1.94. The van der Waals surface area contributed by atoms with Gasteiger partial charge in [-0.15, -0.1) is 0 Å². The van der Waals surface area contributed by atoms with Gasteiger partial charge < -0.3 is 19.4 Å². The number of hydrogen-bond donors (Lipinski definition) is 0. The molecule has 0 bridgehead atoms. The first-order valence-electron chi connectivity index (χ1n) is 8.30. The molecule has 1 amide bonds. The zero-order valence-electron chi connectivity index (χ0n) is 14.8. The van der Waals surface area contributed by atoms with Gasteiger partial charge in [0.05, 0.1) is 0 Å². The first kappa shape index (κ1) is 17.8. The van der Waals surface area contributed by atoms with Crippen molar-refractivity contribution in [3.63, 3.8) is 0 Å². The molecule has 0 spiro atoms. The lowest BCUT2D eigenvalue weighted by atomic mass is 10.0. The van der Waals surface area contributed by atoms with Gasteiger partial charge in [-0.25, -0.2) is 0 Å². The second kappa shape index (κ2) is 8.31. The molecule has 2 rings (SSSR count). The molecule has 0 saturated carbocycles. The van der Waals surface area contributed by atoms with Gasteiger partial charge >= 0.3 is 0 Å². The Morgan fingerprint density at radius 3 is 2.17 bits per heavy atom. The summed E-state index contributed by atoms with van der Waals surface area (Å²) in [6.45, 7) is 3.12. The molecule has 128 valence electrons. The van der Waals surface area contributed by atoms with Gasteiger partial charge in [0.1, 0.15) is 0 Å². The van der Waals surface area contributed by atoms with Gasteiger partial charge in [0.25, 0.3) is 5.91 Å². The summed E-state index contributed by atoms with van der Waals surface area (Å²) in [4.78, 5) is 19.2. The van der Waals surface area contributed by atoms with Crippen LogP contribution in [-0.4, -0.2) is 76.2 Å². The first-order chi connectivity index (χ1) is 11.0. The summed E-state index contributed by atoms with van der Waals surface area (Å²) in [6, 6.07) is 8.15. The number of ether oxygens (including phenoxy) is 1. The average Bonchev–Trinajstić information content (AvgIpc) is 2.55. The van der Waals surface area contributed by atoms with Gasteiger partial charge in [0, 0.05) is 57.7 Å². The summed E-state index contributed by atoms with van der Waals surface area (Å²) >= 11 is 0. The van der Waals surface area contributed by atoms with E-state index < -0.39 is 0 Å². The lowest BCUT2D eigenvalue weighted by Crippen LogP contribution is -2.46. The van der Waals surface area contributed by atoms with E-state index in [1.54, 1.807) is 0 Å². The van der Waals surface area contributed by atoms with Gasteiger partial charge in [0.15, 0.2) is 0 Å². The van der Waals surface area contributed by atoms with Crippen LogP contribution in [0.1, 0.15) is 23.2 Å². The van der Waals surface area contributed by atoms with Crippen LogP contribution in [0.3, 0.4) is 0 Å². The fraction of sp³-hybridized carbons (Fsp3) is 0.611. The van der Waals surface area contributed by atoms with Crippen molar-refractivity contribution in [2.75, 3.05) is 59.4 Å². The van der Waals surface area contributed by atoms with Crippen LogP contribution in [0.4, 0.5) is 5.69 Å². The largest absolute Gasteiger partial charge is 0.381 e. The van der Waals surface area contributed by atoms with Crippen molar-refractivity contribution in [1.29, 1.82) is 0 Å². The van der Waals surface area contributed by atoms with Gasteiger partial charge in [-0.1, -0.05) is 0 Å². The number of carbonyl (C=O) groups is 1. The van der Waals surface area contributed by atoms with Crippen molar-refractivity contribution in [3.05, 3.63) is 29.8 Å². The van der Waals surface area contributed by atoms with Gasteiger partial charge in [-0.3, -0.25) is 4.79 Å².